The first-order valence-corrected chi connectivity index (χ1v) is 7.54. The zero-order valence-electron chi connectivity index (χ0n) is 12.0. The van der Waals surface area contributed by atoms with Crippen molar-refractivity contribution in [3.05, 3.63) is 34.3 Å². The zero-order chi connectivity index (χ0) is 14.7. The number of ether oxygens (including phenoxy) is 2. The van der Waals surface area contributed by atoms with Gasteiger partial charge in [-0.25, -0.2) is 0 Å². The first-order valence-electron chi connectivity index (χ1n) is 6.75. The Morgan fingerprint density at radius 1 is 1.45 bits per heavy atom. The summed E-state index contributed by atoms with van der Waals surface area (Å²) in [7, 11) is 1.56. The Kier molecular flexibility index (Phi) is 5.18. The molecule has 0 N–H and O–H groups in total. The Balaban J connectivity index is 2.16. The SMILES string of the molecule is CO[C@H](C)C(=O)N1CCO[C@@H](c2ccc(Br)cc2)[C@H]1C. The maximum Gasteiger partial charge on any atom is 0.251 e. The van der Waals surface area contributed by atoms with E-state index in [-0.39, 0.29) is 18.1 Å². The van der Waals surface area contributed by atoms with Crippen molar-refractivity contribution in [1.82, 2.24) is 4.90 Å². The van der Waals surface area contributed by atoms with Gasteiger partial charge in [0, 0.05) is 18.1 Å². The van der Waals surface area contributed by atoms with Gasteiger partial charge in [-0.3, -0.25) is 4.79 Å². The number of hydrogen-bond acceptors (Lipinski definition) is 3. The topological polar surface area (TPSA) is 38.8 Å². The molecule has 20 heavy (non-hydrogen) atoms. The summed E-state index contributed by atoms with van der Waals surface area (Å²) in [6.07, 6.45) is -0.508. The molecule has 1 heterocycles. The number of carbonyl (C=O) groups is 1. The largest absolute Gasteiger partial charge is 0.372 e. The lowest BCUT2D eigenvalue weighted by Gasteiger charge is -2.40. The van der Waals surface area contributed by atoms with Gasteiger partial charge in [0.2, 0.25) is 0 Å². The first-order chi connectivity index (χ1) is 9.54. The van der Waals surface area contributed by atoms with E-state index in [1.807, 2.05) is 36.1 Å². The Morgan fingerprint density at radius 2 is 2.10 bits per heavy atom. The van der Waals surface area contributed by atoms with Crippen molar-refractivity contribution in [2.24, 2.45) is 0 Å². The molecule has 110 valence electrons. The normalized spacial score (nSPS) is 24.5. The lowest BCUT2D eigenvalue weighted by molar-refractivity contribution is -0.155. The van der Waals surface area contributed by atoms with Gasteiger partial charge >= 0.3 is 0 Å². The highest BCUT2D eigenvalue weighted by atomic mass is 79.9. The molecule has 0 saturated carbocycles. The van der Waals surface area contributed by atoms with E-state index in [1.165, 1.54) is 0 Å². The number of morpholine rings is 1. The lowest BCUT2D eigenvalue weighted by atomic mass is 10.00. The molecule has 5 heteroatoms. The second-order valence-electron chi connectivity index (χ2n) is 4.99. The third-order valence-electron chi connectivity index (χ3n) is 3.74. The van der Waals surface area contributed by atoms with E-state index < -0.39 is 6.10 Å². The molecule has 4 nitrogen and oxygen atoms in total. The molecule has 0 bridgehead atoms. The molecule has 1 saturated heterocycles. The number of rotatable bonds is 3. The van der Waals surface area contributed by atoms with Crippen LogP contribution in [0.1, 0.15) is 25.5 Å². The molecule has 0 aliphatic carbocycles. The predicted molar refractivity (Wildman–Crippen MR) is 80.5 cm³/mol. The summed E-state index contributed by atoms with van der Waals surface area (Å²) in [5, 5.41) is 0. The van der Waals surface area contributed by atoms with E-state index in [0.717, 1.165) is 10.0 Å². The number of nitrogens with zero attached hydrogens (tertiary/aromatic N) is 1. The van der Waals surface area contributed by atoms with Crippen LogP contribution in [-0.4, -0.2) is 43.2 Å². The minimum absolute atomic E-state index is 0.00461. The minimum Gasteiger partial charge on any atom is -0.372 e. The van der Waals surface area contributed by atoms with Crippen molar-refractivity contribution in [2.45, 2.75) is 32.1 Å². The standard InChI is InChI=1S/C15H20BrNO3/c1-10-14(12-4-6-13(16)7-5-12)20-9-8-17(10)15(18)11(2)19-3/h4-7,10-11,14H,8-9H2,1-3H3/t10-,11-,14-/m1/s1. The van der Waals surface area contributed by atoms with Gasteiger partial charge in [0.1, 0.15) is 12.2 Å². The molecule has 0 unspecified atom stereocenters. The number of amides is 1. The van der Waals surface area contributed by atoms with Crippen molar-refractivity contribution in [2.75, 3.05) is 20.3 Å². The maximum atomic E-state index is 12.3. The summed E-state index contributed by atoms with van der Waals surface area (Å²) >= 11 is 3.43. The summed E-state index contributed by atoms with van der Waals surface area (Å²) in [4.78, 5) is 14.2. The Labute approximate surface area is 128 Å². The summed E-state index contributed by atoms with van der Waals surface area (Å²) < 4.78 is 12.0. The molecule has 0 spiro atoms. The predicted octanol–water partition coefficient (Wildman–Crippen LogP) is 2.77. The summed E-state index contributed by atoms with van der Waals surface area (Å²) in [5.74, 6) is 0.0189. The highest BCUT2D eigenvalue weighted by Gasteiger charge is 2.34. The van der Waals surface area contributed by atoms with Crippen LogP contribution < -0.4 is 0 Å². The average Bonchev–Trinajstić information content (AvgIpc) is 2.47. The molecule has 0 radical (unpaired) electrons. The van der Waals surface area contributed by atoms with Gasteiger partial charge in [-0.2, -0.15) is 0 Å². The third kappa shape index (κ3) is 3.22. The maximum absolute atomic E-state index is 12.3. The van der Waals surface area contributed by atoms with E-state index in [0.29, 0.717) is 13.2 Å². The van der Waals surface area contributed by atoms with Gasteiger partial charge in [-0.1, -0.05) is 28.1 Å². The fraction of sp³-hybridized carbons (Fsp3) is 0.533. The van der Waals surface area contributed by atoms with Crippen molar-refractivity contribution in [3.63, 3.8) is 0 Å². The van der Waals surface area contributed by atoms with E-state index in [2.05, 4.69) is 15.9 Å². The van der Waals surface area contributed by atoms with Crippen LogP contribution in [0.3, 0.4) is 0 Å². The van der Waals surface area contributed by atoms with Crippen LogP contribution in [0.4, 0.5) is 0 Å². The summed E-state index contributed by atoms with van der Waals surface area (Å²) in [5.41, 5.74) is 1.09. The van der Waals surface area contributed by atoms with Crippen LogP contribution in [0.15, 0.2) is 28.7 Å². The highest BCUT2D eigenvalue weighted by Crippen LogP contribution is 2.29. The smallest absolute Gasteiger partial charge is 0.251 e. The zero-order valence-corrected chi connectivity index (χ0v) is 13.6. The number of methoxy groups -OCH3 is 1. The van der Waals surface area contributed by atoms with Crippen LogP contribution in [0.25, 0.3) is 0 Å². The fourth-order valence-corrected chi connectivity index (χ4v) is 2.72. The van der Waals surface area contributed by atoms with Crippen LogP contribution >= 0.6 is 15.9 Å². The van der Waals surface area contributed by atoms with Crippen LogP contribution in [0.5, 0.6) is 0 Å². The second-order valence-corrected chi connectivity index (χ2v) is 5.91. The number of hydrogen-bond donors (Lipinski definition) is 0. The van der Waals surface area contributed by atoms with Crippen molar-refractivity contribution < 1.29 is 14.3 Å². The Hall–Kier alpha value is -0.910. The molecule has 1 aromatic carbocycles. The molecule has 1 aromatic rings. The average molecular weight is 342 g/mol. The molecule has 0 aromatic heterocycles. The van der Waals surface area contributed by atoms with E-state index in [9.17, 15) is 4.79 Å². The molecule has 1 aliphatic rings. The fourth-order valence-electron chi connectivity index (χ4n) is 2.46. The molecule has 1 amide bonds. The Morgan fingerprint density at radius 3 is 2.70 bits per heavy atom. The van der Waals surface area contributed by atoms with Gasteiger partial charge < -0.3 is 14.4 Å². The first kappa shape index (κ1) is 15.5. The Bertz CT molecular complexity index is 463. The van der Waals surface area contributed by atoms with Crippen molar-refractivity contribution in [1.29, 1.82) is 0 Å². The third-order valence-corrected chi connectivity index (χ3v) is 4.27. The highest BCUT2D eigenvalue weighted by molar-refractivity contribution is 9.10. The van der Waals surface area contributed by atoms with Gasteiger partial charge in [0.25, 0.3) is 5.91 Å². The van der Waals surface area contributed by atoms with E-state index in [4.69, 9.17) is 9.47 Å². The molecule has 1 fully saturated rings. The van der Waals surface area contributed by atoms with Gasteiger partial charge in [0.15, 0.2) is 0 Å². The molecule has 1 aliphatic heterocycles. The number of halogens is 1. The molecular weight excluding hydrogens is 322 g/mol. The van der Waals surface area contributed by atoms with Gasteiger partial charge in [-0.05, 0) is 31.5 Å². The molecule has 3 atom stereocenters. The van der Waals surface area contributed by atoms with Crippen molar-refractivity contribution >= 4 is 21.8 Å². The van der Waals surface area contributed by atoms with Gasteiger partial charge in [-0.15, -0.1) is 0 Å². The minimum atomic E-state index is -0.416. The number of carbonyl (C=O) groups excluding carboxylic acids is 1. The van der Waals surface area contributed by atoms with Crippen molar-refractivity contribution in [3.8, 4) is 0 Å². The van der Waals surface area contributed by atoms with Crippen LogP contribution in [-0.2, 0) is 14.3 Å². The van der Waals surface area contributed by atoms with Crippen LogP contribution in [0, 0.1) is 0 Å². The molecular formula is C15H20BrNO3. The van der Waals surface area contributed by atoms with E-state index >= 15 is 0 Å². The number of benzene rings is 1. The van der Waals surface area contributed by atoms with Crippen LogP contribution in [0.2, 0.25) is 0 Å². The lowest BCUT2D eigenvalue weighted by Crippen LogP contribution is -2.51. The van der Waals surface area contributed by atoms with Gasteiger partial charge in [0.05, 0.1) is 12.6 Å². The second kappa shape index (κ2) is 6.70. The summed E-state index contributed by atoms with van der Waals surface area (Å²) in [6, 6.07) is 8.03. The molecule has 2 rings (SSSR count). The quantitative estimate of drug-likeness (QED) is 0.848. The summed E-state index contributed by atoms with van der Waals surface area (Å²) in [6.45, 7) is 4.96. The van der Waals surface area contributed by atoms with E-state index in [1.54, 1.807) is 14.0 Å². The monoisotopic (exact) mass is 341 g/mol.